The van der Waals surface area contributed by atoms with Gasteiger partial charge in [0.2, 0.25) is 0 Å². The lowest BCUT2D eigenvalue weighted by atomic mass is 9.79. The van der Waals surface area contributed by atoms with Crippen LogP contribution >= 0.6 is 0 Å². The van der Waals surface area contributed by atoms with Gasteiger partial charge in [0.05, 0.1) is 5.82 Å². The van der Waals surface area contributed by atoms with Crippen molar-refractivity contribution < 1.29 is 34.0 Å². The van der Waals surface area contributed by atoms with Crippen LogP contribution in [-0.4, -0.2) is 39.5 Å². The molecule has 3 heterocycles. The highest BCUT2D eigenvalue weighted by atomic mass is 16.6. The van der Waals surface area contributed by atoms with Crippen LogP contribution in [0.25, 0.3) is 11.0 Å². The van der Waals surface area contributed by atoms with Crippen LogP contribution in [-0.2, 0) is 29.0 Å². The number of aliphatic hydroxyl groups excluding tert-OH is 1. The van der Waals surface area contributed by atoms with E-state index in [1.165, 1.54) is 0 Å². The van der Waals surface area contributed by atoms with Crippen molar-refractivity contribution in [1.29, 1.82) is 0 Å². The average molecular weight is 589 g/mol. The Morgan fingerprint density at radius 2 is 2.05 bits per heavy atom. The van der Waals surface area contributed by atoms with Crippen LogP contribution in [0.5, 0.6) is 17.2 Å². The van der Waals surface area contributed by atoms with Crippen LogP contribution < -0.4 is 21.2 Å². The molecule has 0 saturated heterocycles. The molecule has 0 unspecified atom stereocenters. The maximum absolute atomic E-state index is 13.4. The minimum absolute atomic E-state index is 0.0206. The summed E-state index contributed by atoms with van der Waals surface area (Å²) >= 11 is 0. The minimum Gasteiger partial charge on any atom is -0.508 e. The molecule has 43 heavy (non-hydrogen) atoms. The number of ether oxygens (including phenoxy) is 2. The molecule has 0 amide bonds. The number of dihydropyridines is 1. The van der Waals surface area contributed by atoms with Crippen molar-refractivity contribution in [3.63, 3.8) is 0 Å². The zero-order valence-electron chi connectivity index (χ0n) is 24.6. The fourth-order valence-corrected chi connectivity index (χ4v) is 5.59. The summed E-state index contributed by atoms with van der Waals surface area (Å²) in [5.41, 5.74) is 7.45. The van der Waals surface area contributed by atoms with Gasteiger partial charge in [-0.05, 0) is 63.5 Å². The summed E-state index contributed by atoms with van der Waals surface area (Å²) in [5, 5.41) is 34.7. The van der Waals surface area contributed by atoms with Gasteiger partial charge in [0.25, 0.3) is 0 Å². The van der Waals surface area contributed by atoms with Crippen molar-refractivity contribution in [2.75, 3.05) is 6.54 Å². The Morgan fingerprint density at radius 1 is 1.28 bits per heavy atom. The summed E-state index contributed by atoms with van der Waals surface area (Å²) in [6, 6.07) is 7.98. The van der Waals surface area contributed by atoms with Crippen molar-refractivity contribution >= 4 is 16.9 Å². The Hall–Kier alpha value is -4.70. The highest BCUT2D eigenvalue weighted by molar-refractivity contribution is 5.92. The van der Waals surface area contributed by atoms with Crippen LogP contribution in [0.4, 0.5) is 0 Å². The Morgan fingerprint density at radius 3 is 2.72 bits per heavy atom. The Kier molecular flexibility index (Phi) is 7.98. The van der Waals surface area contributed by atoms with Crippen molar-refractivity contribution in [3.05, 3.63) is 98.2 Å². The monoisotopic (exact) mass is 588 g/mol. The van der Waals surface area contributed by atoms with Gasteiger partial charge in [-0.25, -0.2) is 4.79 Å². The summed E-state index contributed by atoms with van der Waals surface area (Å²) < 4.78 is 18.6. The molecule has 0 radical (unpaired) electrons. The number of carbonyl (C=O) groups excluding carboxylic acids is 1. The topological polar surface area (TPSA) is 164 Å². The van der Waals surface area contributed by atoms with Crippen molar-refractivity contribution in [3.8, 4) is 17.2 Å². The lowest BCUT2D eigenvalue weighted by molar-refractivity contribution is -0.156. The van der Waals surface area contributed by atoms with E-state index in [1.54, 1.807) is 58.0 Å². The number of phenols is 2. The third-order valence-corrected chi connectivity index (χ3v) is 8.04. The maximum Gasteiger partial charge on any atom is 0.333 e. The summed E-state index contributed by atoms with van der Waals surface area (Å²) in [5.74, 6) is -0.529. The predicted octanol–water partition coefficient (Wildman–Crippen LogP) is 3.94. The molecule has 0 spiro atoms. The van der Waals surface area contributed by atoms with E-state index in [1.807, 2.05) is 12.1 Å². The number of phenolic OH excluding ortho intramolecular Hbond substituents is 2. The summed E-state index contributed by atoms with van der Waals surface area (Å²) in [6.45, 7) is 6.88. The van der Waals surface area contributed by atoms with Gasteiger partial charge in [0.1, 0.15) is 52.3 Å². The zero-order valence-corrected chi connectivity index (χ0v) is 24.6. The largest absolute Gasteiger partial charge is 0.508 e. The fourth-order valence-electron chi connectivity index (χ4n) is 5.59. The first-order valence-electron chi connectivity index (χ1n) is 14.1. The van der Waals surface area contributed by atoms with E-state index in [4.69, 9.17) is 19.6 Å². The number of fused-ring (bicyclic) bond motifs is 2. The van der Waals surface area contributed by atoms with E-state index in [2.05, 4.69) is 5.32 Å². The second kappa shape index (κ2) is 11.5. The van der Waals surface area contributed by atoms with E-state index >= 15 is 0 Å². The van der Waals surface area contributed by atoms with Crippen LogP contribution in [0.3, 0.4) is 0 Å². The first kappa shape index (κ1) is 29.8. The normalized spacial score (nSPS) is 18.5. The van der Waals surface area contributed by atoms with Gasteiger partial charge in [-0.3, -0.25) is 4.79 Å². The highest BCUT2D eigenvalue weighted by Crippen LogP contribution is 2.50. The van der Waals surface area contributed by atoms with Crippen LogP contribution in [0.15, 0.2) is 74.7 Å². The van der Waals surface area contributed by atoms with Crippen LogP contribution in [0, 0.1) is 0 Å². The number of nitrogens with two attached hydrogens (primary N) is 1. The number of esters is 1. The second-order valence-electron chi connectivity index (χ2n) is 11.4. The van der Waals surface area contributed by atoms with Crippen molar-refractivity contribution in [1.82, 2.24) is 5.32 Å². The molecule has 226 valence electrons. The maximum atomic E-state index is 13.4. The third-order valence-electron chi connectivity index (χ3n) is 8.04. The molecule has 2 aliphatic rings. The Labute approximate surface area is 248 Å². The summed E-state index contributed by atoms with van der Waals surface area (Å²) in [7, 11) is 0. The van der Waals surface area contributed by atoms with E-state index in [0.717, 1.165) is 17.2 Å². The van der Waals surface area contributed by atoms with Crippen molar-refractivity contribution in [2.45, 2.75) is 64.8 Å². The average Bonchev–Trinajstić information content (AvgIpc) is 2.96. The number of hydrogen-bond donors (Lipinski definition) is 5. The number of allylic oxidation sites excluding steroid dienone is 3. The lowest BCUT2D eigenvalue weighted by Gasteiger charge is -2.41. The lowest BCUT2D eigenvalue weighted by Crippen LogP contribution is -2.49. The zero-order chi connectivity index (χ0) is 31.1. The SMILES string of the molecule is C/C=C(/C)C(=O)O[C@@H]1Cc2c(c([C@H](Cc3cccc(O)c3)C3=CCNC(N)=C3)c3oc(CO)cc(=O)c3c2O)OC1(C)C. The Balaban J connectivity index is 1.81. The van der Waals surface area contributed by atoms with E-state index in [9.17, 15) is 24.9 Å². The first-order valence-corrected chi connectivity index (χ1v) is 14.1. The molecule has 2 atom stereocenters. The molecule has 6 N–H and O–H groups in total. The molecule has 0 saturated carbocycles. The van der Waals surface area contributed by atoms with Crippen molar-refractivity contribution in [2.24, 2.45) is 5.73 Å². The summed E-state index contributed by atoms with van der Waals surface area (Å²) in [6.07, 6.45) is 5.01. The number of benzene rings is 2. The van der Waals surface area contributed by atoms with Gasteiger partial charge in [0, 0.05) is 41.6 Å². The molecule has 0 bridgehead atoms. The van der Waals surface area contributed by atoms with Crippen LogP contribution in [0.1, 0.15) is 56.1 Å². The standard InChI is InChI=1S/C33H36N2O8/c1-5-17(2)32(40)42-25-15-23-29(39)28-24(38)14-21(16-36)41-31(28)27(30(23)43-33(25,3)4)22(19-9-10-35-26(34)13-19)12-18-7-6-8-20(37)11-18/h5-9,11,13-14,22,25,35-37,39H,10,12,15-16,34H2,1-4H3/b17-5-/t22-,25-/m1/s1. The highest BCUT2D eigenvalue weighted by Gasteiger charge is 2.44. The van der Waals surface area contributed by atoms with Gasteiger partial charge < -0.3 is 40.3 Å². The number of hydrogen-bond acceptors (Lipinski definition) is 10. The number of carbonyl (C=O) groups is 1. The molecular formula is C33H36N2O8. The molecule has 0 aliphatic carbocycles. The van der Waals surface area contributed by atoms with Gasteiger partial charge in [-0.15, -0.1) is 0 Å². The van der Waals surface area contributed by atoms with Gasteiger partial charge in [-0.2, -0.15) is 0 Å². The Bertz CT molecular complexity index is 1750. The minimum atomic E-state index is -1.05. The fraction of sp³-hybridized carbons (Fsp3) is 0.333. The molecule has 10 heteroatoms. The molecule has 2 aliphatic heterocycles. The van der Waals surface area contributed by atoms with Gasteiger partial charge in [-0.1, -0.05) is 24.3 Å². The second-order valence-corrected chi connectivity index (χ2v) is 11.4. The molecule has 3 aromatic rings. The van der Waals surface area contributed by atoms with E-state index in [0.29, 0.717) is 41.2 Å². The van der Waals surface area contributed by atoms with Gasteiger partial charge >= 0.3 is 5.97 Å². The number of aliphatic hydroxyl groups is 1. The number of aromatic hydroxyl groups is 2. The molecule has 5 rings (SSSR count). The van der Waals surface area contributed by atoms with Crippen LogP contribution in [0.2, 0.25) is 0 Å². The molecule has 0 fully saturated rings. The van der Waals surface area contributed by atoms with E-state index < -0.39 is 35.6 Å². The summed E-state index contributed by atoms with van der Waals surface area (Å²) in [4.78, 5) is 26.2. The third kappa shape index (κ3) is 5.70. The quantitative estimate of drug-likeness (QED) is 0.202. The predicted molar refractivity (Wildman–Crippen MR) is 161 cm³/mol. The molecule has 10 nitrogen and oxygen atoms in total. The smallest absolute Gasteiger partial charge is 0.333 e. The molecule has 1 aromatic heterocycles. The van der Waals surface area contributed by atoms with Gasteiger partial charge in [0.15, 0.2) is 5.43 Å². The van der Waals surface area contributed by atoms with E-state index in [-0.39, 0.29) is 34.6 Å². The molecule has 2 aromatic carbocycles. The molecular weight excluding hydrogens is 552 g/mol. The number of rotatable bonds is 7. The number of nitrogens with one attached hydrogen (secondary N) is 1. The first-order chi connectivity index (χ1) is 20.4.